The van der Waals surface area contributed by atoms with Crippen LogP contribution in [0.3, 0.4) is 0 Å². The molecule has 0 spiro atoms. The van der Waals surface area contributed by atoms with Crippen molar-refractivity contribution in [3.05, 3.63) is 74.9 Å². The molecule has 0 saturated carbocycles. The molecule has 0 unspecified atom stereocenters. The van der Waals surface area contributed by atoms with Crippen molar-refractivity contribution in [1.29, 1.82) is 0 Å². The number of nitro benzene ring substituents is 1. The third-order valence-corrected chi connectivity index (χ3v) is 5.24. The molecule has 9 heteroatoms. The van der Waals surface area contributed by atoms with Crippen molar-refractivity contribution < 1.29 is 9.72 Å². The Labute approximate surface area is 178 Å². The van der Waals surface area contributed by atoms with Crippen LogP contribution >= 0.6 is 11.6 Å². The number of nitrogens with zero attached hydrogens (tertiary/aromatic N) is 4. The van der Waals surface area contributed by atoms with E-state index in [0.717, 1.165) is 25.9 Å². The Balaban J connectivity index is 1.63. The van der Waals surface area contributed by atoms with Gasteiger partial charge in [-0.15, -0.1) is 0 Å². The first-order chi connectivity index (χ1) is 14.4. The number of halogens is 1. The molecule has 0 aliphatic carbocycles. The number of aromatic nitrogens is 2. The van der Waals surface area contributed by atoms with E-state index in [1.807, 2.05) is 17.9 Å². The highest BCUT2D eigenvalue weighted by molar-refractivity contribution is 6.30. The van der Waals surface area contributed by atoms with E-state index >= 15 is 0 Å². The highest BCUT2D eigenvalue weighted by Gasteiger charge is 2.24. The lowest BCUT2D eigenvalue weighted by Crippen LogP contribution is -2.20. The summed E-state index contributed by atoms with van der Waals surface area (Å²) in [6.07, 6.45) is 2.01. The predicted octanol–water partition coefficient (Wildman–Crippen LogP) is 4.59. The van der Waals surface area contributed by atoms with Crippen molar-refractivity contribution in [2.45, 2.75) is 19.8 Å². The third kappa shape index (κ3) is 3.99. The van der Waals surface area contributed by atoms with Gasteiger partial charge in [-0.1, -0.05) is 17.7 Å². The van der Waals surface area contributed by atoms with Gasteiger partial charge in [0.15, 0.2) is 0 Å². The molecule has 0 radical (unpaired) electrons. The number of nitrogens with one attached hydrogen (secondary N) is 1. The Morgan fingerprint density at radius 2 is 1.93 bits per heavy atom. The highest BCUT2D eigenvalue weighted by atomic mass is 35.5. The van der Waals surface area contributed by atoms with E-state index in [0.29, 0.717) is 27.9 Å². The van der Waals surface area contributed by atoms with E-state index in [1.54, 1.807) is 41.1 Å². The van der Waals surface area contributed by atoms with Crippen molar-refractivity contribution in [1.82, 2.24) is 9.78 Å². The van der Waals surface area contributed by atoms with Crippen LogP contribution in [0, 0.1) is 17.0 Å². The minimum Gasteiger partial charge on any atom is -0.366 e. The minimum atomic E-state index is -0.450. The number of nitro groups is 1. The van der Waals surface area contributed by atoms with Gasteiger partial charge in [-0.2, -0.15) is 5.10 Å². The molecule has 2 aromatic carbocycles. The monoisotopic (exact) mass is 425 g/mol. The summed E-state index contributed by atoms with van der Waals surface area (Å²) in [5.74, 6) is 0.000268. The Bertz CT molecular complexity index is 1120. The lowest BCUT2D eigenvalue weighted by atomic mass is 10.1. The average molecular weight is 426 g/mol. The molecule has 154 valence electrons. The zero-order valence-corrected chi connectivity index (χ0v) is 17.1. The lowest BCUT2D eigenvalue weighted by Gasteiger charge is -2.18. The van der Waals surface area contributed by atoms with E-state index in [-0.39, 0.29) is 11.3 Å². The Kier molecular flexibility index (Phi) is 5.41. The first kappa shape index (κ1) is 19.9. The van der Waals surface area contributed by atoms with Gasteiger partial charge in [0.2, 0.25) is 0 Å². The smallest absolute Gasteiger partial charge is 0.293 e. The van der Waals surface area contributed by atoms with Crippen molar-refractivity contribution >= 4 is 34.7 Å². The normalized spacial score (nSPS) is 13.5. The molecule has 8 nitrogen and oxygen atoms in total. The van der Waals surface area contributed by atoms with Crippen LogP contribution < -0.4 is 10.2 Å². The molecule has 1 fully saturated rings. The van der Waals surface area contributed by atoms with Crippen LogP contribution in [0.15, 0.2) is 48.5 Å². The summed E-state index contributed by atoms with van der Waals surface area (Å²) in [5, 5.41) is 19.4. The molecule has 30 heavy (non-hydrogen) atoms. The van der Waals surface area contributed by atoms with Crippen LogP contribution in [-0.2, 0) is 0 Å². The molecule has 2 heterocycles. The van der Waals surface area contributed by atoms with Crippen LogP contribution in [0.1, 0.15) is 28.9 Å². The lowest BCUT2D eigenvalue weighted by molar-refractivity contribution is -0.384. The second-order valence-electron chi connectivity index (χ2n) is 7.17. The number of hydrogen-bond donors (Lipinski definition) is 1. The minimum absolute atomic E-state index is 0.0657. The second kappa shape index (κ2) is 8.16. The first-order valence-corrected chi connectivity index (χ1v) is 9.97. The molecular weight excluding hydrogens is 406 g/mol. The maximum atomic E-state index is 12.9. The van der Waals surface area contributed by atoms with E-state index in [4.69, 9.17) is 11.6 Å². The quantitative estimate of drug-likeness (QED) is 0.476. The van der Waals surface area contributed by atoms with E-state index < -0.39 is 10.8 Å². The number of benzene rings is 2. The fourth-order valence-corrected chi connectivity index (χ4v) is 3.80. The zero-order chi connectivity index (χ0) is 21.3. The molecule has 3 aromatic rings. The molecule has 1 amide bonds. The molecule has 4 rings (SSSR count). The molecule has 0 bridgehead atoms. The van der Waals surface area contributed by atoms with Gasteiger partial charge in [0.25, 0.3) is 11.6 Å². The number of hydrogen-bond acceptors (Lipinski definition) is 5. The summed E-state index contributed by atoms with van der Waals surface area (Å²) in [7, 11) is 0. The van der Waals surface area contributed by atoms with Gasteiger partial charge in [-0.25, -0.2) is 4.68 Å². The van der Waals surface area contributed by atoms with Gasteiger partial charge in [0.1, 0.15) is 11.5 Å². The summed E-state index contributed by atoms with van der Waals surface area (Å²) in [5.41, 5.74) is 2.10. The SMILES string of the molecule is Cc1cc(NC(=O)c2ccc(N3CCCC3)c([N+](=O)[O-])c2)n(-c2cccc(Cl)c2)n1. The standard InChI is InChI=1S/C21H20ClN5O3/c1-14-11-20(26(24-14)17-6-4-5-16(22)13-17)23-21(28)15-7-8-18(19(12-15)27(29)30)25-9-2-3-10-25/h4-8,11-13H,2-3,9-10H2,1H3,(H,23,28). The average Bonchev–Trinajstić information content (AvgIpc) is 3.37. The fourth-order valence-electron chi connectivity index (χ4n) is 3.62. The molecule has 1 aliphatic heterocycles. The molecule has 1 N–H and O–H groups in total. The summed E-state index contributed by atoms with van der Waals surface area (Å²) in [6.45, 7) is 3.38. The maximum Gasteiger partial charge on any atom is 0.293 e. The number of anilines is 2. The summed E-state index contributed by atoms with van der Waals surface area (Å²) < 4.78 is 1.58. The highest BCUT2D eigenvalue weighted by Crippen LogP contribution is 2.32. The van der Waals surface area contributed by atoms with Gasteiger partial charge in [0, 0.05) is 35.8 Å². The molecule has 1 aliphatic rings. The van der Waals surface area contributed by atoms with Crippen molar-refractivity contribution in [3.8, 4) is 5.69 Å². The van der Waals surface area contributed by atoms with Gasteiger partial charge in [-0.3, -0.25) is 14.9 Å². The Morgan fingerprint density at radius 1 is 1.17 bits per heavy atom. The van der Waals surface area contributed by atoms with Crippen LogP contribution in [0.25, 0.3) is 5.69 Å². The van der Waals surface area contributed by atoms with Gasteiger partial charge < -0.3 is 10.2 Å². The van der Waals surface area contributed by atoms with Crippen LogP contribution in [0.4, 0.5) is 17.2 Å². The Hall–Kier alpha value is -3.39. The zero-order valence-electron chi connectivity index (χ0n) is 16.3. The summed E-state index contributed by atoms with van der Waals surface area (Å²) >= 11 is 6.07. The largest absolute Gasteiger partial charge is 0.366 e. The summed E-state index contributed by atoms with van der Waals surface area (Å²) in [4.78, 5) is 26.0. The third-order valence-electron chi connectivity index (χ3n) is 5.01. The van der Waals surface area contributed by atoms with Gasteiger partial charge >= 0.3 is 0 Å². The van der Waals surface area contributed by atoms with Gasteiger partial charge in [-0.05, 0) is 50.1 Å². The Morgan fingerprint density at radius 3 is 2.63 bits per heavy atom. The first-order valence-electron chi connectivity index (χ1n) is 9.60. The number of rotatable bonds is 5. The van der Waals surface area contributed by atoms with E-state index in [1.165, 1.54) is 6.07 Å². The summed E-state index contributed by atoms with van der Waals surface area (Å²) in [6, 6.07) is 13.4. The van der Waals surface area contributed by atoms with Crippen LogP contribution in [-0.4, -0.2) is 33.7 Å². The maximum absolute atomic E-state index is 12.9. The van der Waals surface area contributed by atoms with Crippen molar-refractivity contribution in [2.24, 2.45) is 0 Å². The fraction of sp³-hybridized carbons (Fsp3) is 0.238. The number of aryl methyl sites for hydroxylation is 1. The number of amides is 1. The molecule has 1 aromatic heterocycles. The van der Waals surface area contributed by atoms with E-state index in [9.17, 15) is 14.9 Å². The topological polar surface area (TPSA) is 93.3 Å². The second-order valence-corrected chi connectivity index (χ2v) is 7.61. The molecule has 0 atom stereocenters. The van der Waals surface area contributed by atoms with Crippen LogP contribution in [0.5, 0.6) is 0 Å². The number of carbonyl (C=O) groups excluding carboxylic acids is 1. The predicted molar refractivity (Wildman–Crippen MR) is 116 cm³/mol. The van der Waals surface area contributed by atoms with Crippen molar-refractivity contribution in [2.75, 3.05) is 23.3 Å². The van der Waals surface area contributed by atoms with Crippen LogP contribution in [0.2, 0.25) is 5.02 Å². The number of carbonyl (C=O) groups is 1. The van der Waals surface area contributed by atoms with Crippen molar-refractivity contribution in [3.63, 3.8) is 0 Å². The van der Waals surface area contributed by atoms with Gasteiger partial charge in [0.05, 0.1) is 16.3 Å². The molecule has 1 saturated heterocycles. The van der Waals surface area contributed by atoms with E-state index in [2.05, 4.69) is 10.4 Å². The molecular formula is C21H20ClN5O3.